The van der Waals surface area contributed by atoms with Crippen molar-refractivity contribution in [2.45, 2.75) is 57.6 Å². The van der Waals surface area contributed by atoms with Gasteiger partial charge in [-0.1, -0.05) is 6.07 Å². The van der Waals surface area contributed by atoms with Crippen molar-refractivity contribution in [2.24, 2.45) is 0 Å². The molecule has 0 aromatic carbocycles. The van der Waals surface area contributed by atoms with Gasteiger partial charge in [-0.25, -0.2) is 4.79 Å². The Morgan fingerprint density at radius 1 is 1.50 bits per heavy atom. The summed E-state index contributed by atoms with van der Waals surface area (Å²) in [7, 11) is 0. The van der Waals surface area contributed by atoms with E-state index in [1.54, 1.807) is 11.1 Å². The molecule has 118 valence electrons. The molecule has 1 fully saturated rings. The third-order valence-electron chi connectivity index (χ3n) is 3.95. The summed E-state index contributed by atoms with van der Waals surface area (Å²) >= 11 is 0. The van der Waals surface area contributed by atoms with Crippen LogP contribution in [0.1, 0.15) is 46.2 Å². The smallest absolute Gasteiger partial charge is 0.410 e. The Kier molecular flexibility index (Phi) is 4.41. The summed E-state index contributed by atoms with van der Waals surface area (Å²) in [5.74, 6) is 0. The van der Waals surface area contributed by atoms with E-state index in [9.17, 15) is 10.1 Å². The molecule has 1 aliphatic rings. The third-order valence-corrected chi connectivity index (χ3v) is 3.95. The van der Waals surface area contributed by atoms with Crippen LogP contribution in [-0.2, 0) is 10.2 Å². The highest BCUT2D eigenvalue weighted by atomic mass is 16.6. The van der Waals surface area contributed by atoms with E-state index in [-0.39, 0.29) is 12.1 Å². The van der Waals surface area contributed by atoms with Crippen molar-refractivity contribution in [3.05, 3.63) is 30.1 Å². The summed E-state index contributed by atoms with van der Waals surface area (Å²) in [5, 5.41) is 9.70. The van der Waals surface area contributed by atoms with Gasteiger partial charge in [-0.2, -0.15) is 5.26 Å². The first-order chi connectivity index (χ1) is 10.3. The lowest BCUT2D eigenvalue weighted by Gasteiger charge is -2.41. The van der Waals surface area contributed by atoms with Crippen LogP contribution in [0, 0.1) is 11.3 Å². The van der Waals surface area contributed by atoms with E-state index in [1.807, 2.05) is 45.9 Å². The fourth-order valence-electron chi connectivity index (χ4n) is 2.88. The number of hydrogen-bond donors (Lipinski definition) is 0. The van der Waals surface area contributed by atoms with Gasteiger partial charge in [0.15, 0.2) is 0 Å². The molecule has 5 nitrogen and oxygen atoms in total. The van der Waals surface area contributed by atoms with Gasteiger partial charge in [0.05, 0.1) is 11.8 Å². The second-order valence-corrected chi connectivity index (χ2v) is 6.89. The molecule has 0 bridgehead atoms. The van der Waals surface area contributed by atoms with Gasteiger partial charge < -0.3 is 9.64 Å². The second-order valence-electron chi connectivity index (χ2n) is 6.89. The molecule has 0 N–H and O–H groups in total. The molecule has 0 saturated carbocycles. The lowest BCUT2D eigenvalue weighted by atomic mass is 9.74. The lowest BCUT2D eigenvalue weighted by molar-refractivity contribution is 0.00714. The molecule has 2 heterocycles. The average Bonchev–Trinajstić information content (AvgIpc) is 2.46. The third kappa shape index (κ3) is 3.38. The highest BCUT2D eigenvalue weighted by Crippen LogP contribution is 2.37. The number of piperidine rings is 1. The Balaban J connectivity index is 2.15. The molecule has 0 unspecified atom stereocenters. The van der Waals surface area contributed by atoms with Crippen LogP contribution in [0.3, 0.4) is 0 Å². The molecule has 0 radical (unpaired) electrons. The van der Waals surface area contributed by atoms with Gasteiger partial charge in [0.25, 0.3) is 0 Å². The van der Waals surface area contributed by atoms with Crippen molar-refractivity contribution in [1.82, 2.24) is 9.88 Å². The highest BCUT2D eigenvalue weighted by molar-refractivity contribution is 5.68. The van der Waals surface area contributed by atoms with Gasteiger partial charge in [-0.05, 0) is 52.7 Å². The number of amides is 1. The first-order valence-corrected chi connectivity index (χ1v) is 7.60. The Morgan fingerprint density at radius 2 is 2.23 bits per heavy atom. The minimum Gasteiger partial charge on any atom is -0.444 e. The Labute approximate surface area is 131 Å². The number of carbonyl (C=O) groups is 1. The number of nitriles is 1. The van der Waals surface area contributed by atoms with E-state index in [2.05, 4.69) is 11.1 Å². The van der Waals surface area contributed by atoms with Crippen molar-refractivity contribution in [3.63, 3.8) is 0 Å². The summed E-state index contributed by atoms with van der Waals surface area (Å²) in [6.45, 7) is 8.02. The van der Waals surface area contributed by atoms with Gasteiger partial charge in [-0.3, -0.25) is 4.98 Å². The number of rotatable bonds is 1. The minimum atomic E-state index is -0.626. The summed E-state index contributed by atoms with van der Waals surface area (Å²) < 4.78 is 5.44. The fraction of sp³-hybridized carbons (Fsp3) is 0.588. The van der Waals surface area contributed by atoms with Crippen molar-refractivity contribution < 1.29 is 9.53 Å². The molecule has 22 heavy (non-hydrogen) atoms. The van der Waals surface area contributed by atoms with Gasteiger partial charge in [0.2, 0.25) is 0 Å². The molecule has 2 rings (SSSR count). The molecule has 5 heteroatoms. The van der Waals surface area contributed by atoms with Gasteiger partial charge in [0.1, 0.15) is 11.0 Å². The Morgan fingerprint density at radius 3 is 2.73 bits per heavy atom. The van der Waals surface area contributed by atoms with Gasteiger partial charge in [0, 0.05) is 18.8 Å². The molecule has 0 aliphatic carbocycles. The van der Waals surface area contributed by atoms with Crippen LogP contribution in [0.4, 0.5) is 4.79 Å². The molecule has 1 aliphatic heterocycles. The topological polar surface area (TPSA) is 66.2 Å². The minimum absolute atomic E-state index is 0.0646. The Hall–Kier alpha value is -2.09. The number of aromatic nitrogens is 1. The maximum atomic E-state index is 12.3. The molecular formula is C17H23N3O2. The number of ether oxygens (including phenoxy) is 1. The van der Waals surface area contributed by atoms with Crippen LogP contribution in [-0.4, -0.2) is 34.2 Å². The average molecular weight is 301 g/mol. The van der Waals surface area contributed by atoms with Crippen LogP contribution in [0.5, 0.6) is 0 Å². The van der Waals surface area contributed by atoms with Crippen molar-refractivity contribution in [2.75, 3.05) is 6.54 Å². The predicted octanol–water partition coefficient (Wildman–Crippen LogP) is 3.26. The predicted molar refractivity (Wildman–Crippen MR) is 83.2 cm³/mol. The summed E-state index contributed by atoms with van der Waals surface area (Å²) in [6.07, 6.45) is 2.54. The lowest BCUT2D eigenvalue weighted by Crippen LogP contribution is -2.51. The van der Waals surface area contributed by atoms with E-state index < -0.39 is 11.0 Å². The normalized spacial score (nSPS) is 25.4. The second kappa shape index (κ2) is 5.96. The molecule has 1 saturated heterocycles. The van der Waals surface area contributed by atoms with Gasteiger partial charge in [-0.15, -0.1) is 0 Å². The highest BCUT2D eigenvalue weighted by Gasteiger charge is 2.43. The SMILES string of the molecule is C[C@@H]1C[C@@](C#N)(c2ccccn2)CCN1C(=O)OC(C)(C)C. The molecule has 1 aromatic heterocycles. The first kappa shape index (κ1) is 16.3. The van der Waals surface area contributed by atoms with Crippen molar-refractivity contribution in [1.29, 1.82) is 5.26 Å². The number of carbonyl (C=O) groups excluding carboxylic acids is 1. The van der Waals surface area contributed by atoms with E-state index in [0.717, 1.165) is 5.69 Å². The van der Waals surface area contributed by atoms with Crippen LogP contribution >= 0.6 is 0 Å². The summed E-state index contributed by atoms with van der Waals surface area (Å²) in [4.78, 5) is 18.3. The van der Waals surface area contributed by atoms with Crippen LogP contribution in [0.25, 0.3) is 0 Å². The molecule has 0 spiro atoms. The summed E-state index contributed by atoms with van der Waals surface area (Å²) in [5.41, 5.74) is -0.353. The zero-order chi connectivity index (χ0) is 16.4. The Bertz CT molecular complexity index is 574. The van der Waals surface area contributed by atoms with E-state index in [0.29, 0.717) is 19.4 Å². The molecule has 2 atom stereocenters. The van der Waals surface area contributed by atoms with Crippen LogP contribution in [0.15, 0.2) is 24.4 Å². The number of hydrogen-bond acceptors (Lipinski definition) is 4. The van der Waals surface area contributed by atoms with E-state index in [4.69, 9.17) is 4.74 Å². The number of likely N-dealkylation sites (tertiary alicyclic amines) is 1. The monoisotopic (exact) mass is 301 g/mol. The van der Waals surface area contributed by atoms with Crippen molar-refractivity contribution >= 4 is 6.09 Å². The van der Waals surface area contributed by atoms with Crippen molar-refractivity contribution in [3.8, 4) is 6.07 Å². The number of pyridine rings is 1. The zero-order valence-corrected chi connectivity index (χ0v) is 13.7. The van der Waals surface area contributed by atoms with E-state index in [1.165, 1.54) is 0 Å². The maximum Gasteiger partial charge on any atom is 0.410 e. The zero-order valence-electron chi connectivity index (χ0n) is 13.7. The largest absolute Gasteiger partial charge is 0.444 e. The van der Waals surface area contributed by atoms with Crippen LogP contribution in [0.2, 0.25) is 0 Å². The fourth-order valence-corrected chi connectivity index (χ4v) is 2.88. The molecular weight excluding hydrogens is 278 g/mol. The maximum absolute atomic E-state index is 12.3. The first-order valence-electron chi connectivity index (χ1n) is 7.60. The molecule has 1 amide bonds. The molecule has 1 aromatic rings. The van der Waals surface area contributed by atoms with Gasteiger partial charge >= 0.3 is 6.09 Å². The van der Waals surface area contributed by atoms with E-state index >= 15 is 0 Å². The standard InChI is InChI=1S/C17H23N3O2/c1-13-11-17(12-18,14-7-5-6-9-19-14)8-10-20(13)15(21)22-16(2,3)4/h5-7,9,13H,8,10-11H2,1-4H3/t13-,17+/m1/s1. The quantitative estimate of drug-likeness (QED) is 0.798. The summed E-state index contributed by atoms with van der Waals surface area (Å²) in [6, 6.07) is 7.99. The van der Waals surface area contributed by atoms with Crippen LogP contribution < -0.4 is 0 Å². The number of nitrogens with zero attached hydrogens (tertiary/aromatic N) is 3.